The summed E-state index contributed by atoms with van der Waals surface area (Å²) in [4.78, 5) is 34.2. The number of ether oxygens (including phenoxy) is 1. The van der Waals surface area contributed by atoms with Crippen molar-refractivity contribution in [2.75, 3.05) is 0 Å². The van der Waals surface area contributed by atoms with Crippen molar-refractivity contribution in [3.63, 3.8) is 0 Å². The van der Waals surface area contributed by atoms with Crippen molar-refractivity contribution in [3.8, 4) is 0 Å². The molecule has 0 N–H and O–H groups in total. The molecule has 5 aliphatic carbocycles. The van der Waals surface area contributed by atoms with Gasteiger partial charge in [-0.05, 0) is 102 Å². The topological polar surface area (TPSA) is 65.0 Å². The quantitative estimate of drug-likeness (QED) is 0.175. The molecule has 49 heavy (non-hydrogen) atoms. The lowest BCUT2D eigenvalue weighted by atomic mass is 9.33. The van der Waals surface area contributed by atoms with E-state index >= 15 is 0 Å². The first kappa shape index (κ1) is 34.2. The number of allylic oxidation sites excluding steroid dienone is 2. The van der Waals surface area contributed by atoms with Crippen molar-refractivity contribution in [1.82, 2.24) is 0 Å². The van der Waals surface area contributed by atoms with E-state index in [4.69, 9.17) is 9.57 Å². The molecule has 7 atom stereocenters. The lowest BCUT2D eigenvalue weighted by Gasteiger charge is -2.70. The van der Waals surface area contributed by atoms with E-state index in [0.29, 0.717) is 31.3 Å². The number of fused-ring (bicyclic) bond motifs is 7. The first-order valence-electron chi connectivity index (χ1n) is 18.9. The summed E-state index contributed by atoms with van der Waals surface area (Å²) < 4.78 is 6.21. The molecule has 4 saturated carbocycles. The van der Waals surface area contributed by atoms with Gasteiger partial charge in [-0.3, -0.25) is 9.59 Å². The molecule has 2 unspecified atom stereocenters. The van der Waals surface area contributed by atoms with Crippen LogP contribution in [0.25, 0.3) is 0 Å². The van der Waals surface area contributed by atoms with E-state index in [2.05, 4.69) is 59.7 Å². The van der Waals surface area contributed by atoms with Gasteiger partial charge in [0.25, 0.3) is 0 Å². The van der Waals surface area contributed by atoms with Gasteiger partial charge in [0.15, 0.2) is 5.78 Å². The van der Waals surface area contributed by atoms with Gasteiger partial charge in [-0.15, -0.1) is 0 Å². The van der Waals surface area contributed by atoms with E-state index in [1.807, 2.05) is 60.7 Å². The highest BCUT2D eigenvalue weighted by molar-refractivity contribution is 6.42. The monoisotopic (exact) mass is 663 g/mol. The molecule has 0 radical (unpaired) electrons. The Bertz CT molecular complexity index is 1660. The van der Waals surface area contributed by atoms with Crippen molar-refractivity contribution in [1.29, 1.82) is 0 Å². The maximum absolute atomic E-state index is 14.3. The summed E-state index contributed by atoms with van der Waals surface area (Å²) in [5, 5.41) is 4.59. The third-order valence-corrected chi connectivity index (χ3v) is 15.0. The van der Waals surface area contributed by atoms with E-state index in [9.17, 15) is 9.59 Å². The molecule has 262 valence electrons. The van der Waals surface area contributed by atoms with Crippen molar-refractivity contribution >= 4 is 17.5 Å². The average molecular weight is 664 g/mol. The minimum atomic E-state index is -0.508. The summed E-state index contributed by atoms with van der Waals surface area (Å²) in [5.74, 6) is 1.02. The van der Waals surface area contributed by atoms with E-state index in [1.165, 1.54) is 5.57 Å². The highest BCUT2D eigenvalue weighted by Crippen LogP contribution is 2.75. The summed E-state index contributed by atoms with van der Waals surface area (Å²) in [5.41, 5.74) is 3.32. The summed E-state index contributed by atoms with van der Waals surface area (Å²) in [7, 11) is 0. The van der Waals surface area contributed by atoms with E-state index < -0.39 is 10.8 Å². The van der Waals surface area contributed by atoms with Crippen LogP contribution in [0.5, 0.6) is 0 Å². The molecule has 2 aromatic rings. The number of hydrogen-bond donors (Lipinski definition) is 0. The zero-order chi connectivity index (χ0) is 34.9. The normalized spacial score (nSPS) is 38.3. The van der Waals surface area contributed by atoms with Crippen molar-refractivity contribution < 1.29 is 19.2 Å². The van der Waals surface area contributed by atoms with Crippen molar-refractivity contribution in [3.05, 3.63) is 83.4 Å². The number of Topliss-reactive ketones (excluding diaryl/α,β-unsaturated/α-hetero) is 1. The van der Waals surface area contributed by atoms with Gasteiger partial charge in [-0.25, -0.2) is 0 Å². The Morgan fingerprint density at radius 1 is 0.796 bits per heavy atom. The summed E-state index contributed by atoms with van der Waals surface area (Å²) in [6.07, 6.45) is 11.2. The second-order valence-electron chi connectivity index (χ2n) is 18.5. The molecule has 0 saturated heterocycles. The van der Waals surface area contributed by atoms with Gasteiger partial charge in [-0.1, -0.05) is 126 Å². The number of rotatable bonds is 6. The number of esters is 1. The molecule has 5 aliphatic rings. The summed E-state index contributed by atoms with van der Waals surface area (Å²) in [6, 6.07) is 20.1. The summed E-state index contributed by atoms with van der Waals surface area (Å²) >= 11 is 0. The van der Waals surface area contributed by atoms with Crippen LogP contribution in [-0.4, -0.2) is 17.5 Å². The highest BCUT2D eigenvalue weighted by atomic mass is 16.6. The van der Waals surface area contributed by atoms with Crippen LogP contribution >= 0.6 is 0 Å². The molecule has 0 aromatic heterocycles. The molecular weight excluding hydrogens is 606 g/mol. The van der Waals surface area contributed by atoms with Gasteiger partial charge in [-0.2, -0.15) is 0 Å². The van der Waals surface area contributed by atoms with Crippen LogP contribution in [0.3, 0.4) is 0 Å². The van der Waals surface area contributed by atoms with Crippen LogP contribution in [0.15, 0.2) is 77.5 Å². The van der Waals surface area contributed by atoms with E-state index in [-0.39, 0.29) is 45.2 Å². The Balaban J connectivity index is 1.21. The number of nitrogens with zero attached hydrogens (tertiary/aromatic N) is 1. The van der Waals surface area contributed by atoms with Crippen LogP contribution in [0.2, 0.25) is 0 Å². The number of carbonyl (C=O) groups excluding carboxylic acids is 2. The third-order valence-electron chi connectivity index (χ3n) is 15.0. The molecular formula is C44H57NO4. The molecule has 0 bridgehead atoms. The lowest BCUT2D eigenvalue weighted by Crippen LogP contribution is -2.66. The van der Waals surface area contributed by atoms with Crippen molar-refractivity contribution in [2.45, 2.75) is 119 Å². The Kier molecular flexibility index (Phi) is 8.35. The van der Waals surface area contributed by atoms with Crippen LogP contribution in [0.4, 0.5) is 0 Å². The van der Waals surface area contributed by atoms with Crippen molar-refractivity contribution in [2.24, 2.45) is 55.4 Å². The van der Waals surface area contributed by atoms with Crippen LogP contribution in [0, 0.1) is 50.2 Å². The third kappa shape index (κ3) is 5.35. The van der Waals surface area contributed by atoms with Gasteiger partial charge in [0.05, 0.1) is 5.41 Å². The number of carbonyl (C=O) groups is 2. The fourth-order valence-corrected chi connectivity index (χ4v) is 12.1. The lowest BCUT2D eigenvalue weighted by molar-refractivity contribution is -0.185. The molecule has 5 nitrogen and oxygen atoms in total. The van der Waals surface area contributed by atoms with E-state index in [1.54, 1.807) is 0 Å². The standard InChI is InChI=1S/C44H57NO4/c1-39(2)22-24-44(38(47)48-28-30-14-10-8-11-15-30)25-23-42(6)32(33(44)26-39)18-19-36-41(5)27-34(45-49-29-31-16-12-9-13-17-31)37(46)40(3,4)35(41)20-21-43(36,42)7/h8-18,33,35-36H,19-29H2,1-7H3/b45-34+/t33-,35?,36?,41-,42+,43+,44-/m0/s1. The smallest absolute Gasteiger partial charge is 0.313 e. The second kappa shape index (κ2) is 11.9. The maximum atomic E-state index is 14.3. The summed E-state index contributed by atoms with van der Waals surface area (Å²) in [6.45, 7) is 17.3. The van der Waals surface area contributed by atoms with Gasteiger partial charge >= 0.3 is 5.97 Å². The maximum Gasteiger partial charge on any atom is 0.313 e. The fourth-order valence-electron chi connectivity index (χ4n) is 12.1. The molecule has 0 amide bonds. The predicted molar refractivity (Wildman–Crippen MR) is 194 cm³/mol. The highest BCUT2D eigenvalue weighted by Gasteiger charge is 2.70. The number of ketones is 1. The molecule has 0 aliphatic heterocycles. The Morgan fingerprint density at radius 2 is 1.43 bits per heavy atom. The van der Waals surface area contributed by atoms with E-state index in [0.717, 1.165) is 62.5 Å². The Hall–Kier alpha value is -3.21. The average Bonchev–Trinajstić information content (AvgIpc) is 3.07. The predicted octanol–water partition coefficient (Wildman–Crippen LogP) is 10.3. The molecule has 0 heterocycles. The Morgan fingerprint density at radius 3 is 2.10 bits per heavy atom. The minimum absolute atomic E-state index is 0.00616. The number of benzene rings is 2. The molecule has 0 spiro atoms. The first-order chi connectivity index (χ1) is 23.2. The van der Waals surface area contributed by atoms with Gasteiger partial charge in [0.2, 0.25) is 0 Å². The first-order valence-corrected chi connectivity index (χ1v) is 18.9. The van der Waals surface area contributed by atoms with Gasteiger partial charge in [0, 0.05) is 11.8 Å². The molecule has 7 rings (SSSR count). The zero-order valence-electron chi connectivity index (χ0n) is 30.9. The number of oxime groups is 1. The minimum Gasteiger partial charge on any atom is -0.460 e. The Labute approximate surface area is 294 Å². The molecule has 2 aromatic carbocycles. The van der Waals surface area contributed by atoms with Crippen LogP contribution < -0.4 is 0 Å². The zero-order valence-corrected chi connectivity index (χ0v) is 30.9. The molecule has 5 heteroatoms. The second-order valence-corrected chi connectivity index (χ2v) is 18.5. The molecule has 4 fully saturated rings. The van der Waals surface area contributed by atoms with Gasteiger partial charge in [0.1, 0.15) is 18.9 Å². The number of hydrogen-bond acceptors (Lipinski definition) is 5. The van der Waals surface area contributed by atoms with Crippen LogP contribution in [0.1, 0.15) is 117 Å². The SMILES string of the molecule is CC1(C)CC[C@]2(C(=O)OCc3ccccc3)CC[C@]3(C)C(=CCC4[C@@]5(C)C/C(=N\OCc6ccccc6)C(=O)C(C)(C)C5CC[C@]43C)[C@@H]2C1. The van der Waals surface area contributed by atoms with Gasteiger partial charge < -0.3 is 9.57 Å². The fraction of sp³-hybridized carbons (Fsp3) is 0.614. The largest absolute Gasteiger partial charge is 0.460 e. The van der Waals surface area contributed by atoms with Crippen LogP contribution in [-0.2, 0) is 32.4 Å².